The van der Waals surface area contributed by atoms with Gasteiger partial charge in [0.2, 0.25) is 0 Å². The maximum Gasteiger partial charge on any atom is 0.322 e. The quantitative estimate of drug-likeness (QED) is 0.460. The van der Waals surface area contributed by atoms with Crippen molar-refractivity contribution in [2.75, 3.05) is 12.4 Å². The Kier molecular flexibility index (Phi) is 6.42. The Morgan fingerprint density at radius 1 is 1.12 bits per heavy atom. The number of anilines is 1. The molecule has 0 aliphatic rings. The van der Waals surface area contributed by atoms with Gasteiger partial charge in [-0.2, -0.15) is 5.26 Å². The Hall–Kier alpha value is -4.44. The topological polar surface area (TPSA) is 91.0 Å². The molecule has 0 saturated heterocycles. The number of nitrogens with one attached hydrogen (secondary N) is 1. The van der Waals surface area contributed by atoms with Gasteiger partial charge in [-0.25, -0.2) is 9.78 Å². The minimum absolute atomic E-state index is 0.188. The number of rotatable bonds is 5. The number of amides is 2. The Bertz CT molecular complexity index is 1450. The summed E-state index contributed by atoms with van der Waals surface area (Å²) in [6, 6.07) is 22.9. The summed E-state index contributed by atoms with van der Waals surface area (Å²) in [5.41, 5.74) is 3.21. The molecule has 4 aromatic rings. The van der Waals surface area contributed by atoms with E-state index >= 15 is 0 Å². The van der Waals surface area contributed by atoms with E-state index in [1.165, 1.54) is 4.90 Å². The number of benzene rings is 3. The molecule has 170 valence electrons. The van der Waals surface area contributed by atoms with Crippen molar-refractivity contribution in [3.05, 3.63) is 100 Å². The van der Waals surface area contributed by atoms with E-state index in [4.69, 9.17) is 10.2 Å². The summed E-state index contributed by atoms with van der Waals surface area (Å²) in [6.45, 7) is 3.91. The molecule has 0 aliphatic carbocycles. The number of hydrogen-bond acceptors (Lipinski definition) is 4. The number of nitriles is 1. The molecule has 1 atom stereocenters. The van der Waals surface area contributed by atoms with Crippen molar-refractivity contribution in [2.45, 2.75) is 26.3 Å². The first-order chi connectivity index (χ1) is 16.4. The molecule has 2 amide bonds. The van der Waals surface area contributed by atoms with E-state index in [0.717, 1.165) is 12.0 Å². The van der Waals surface area contributed by atoms with Crippen LogP contribution in [0.25, 0.3) is 16.6 Å². The van der Waals surface area contributed by atoms with Gasteiger partial charge in [-0.3, -0.25) is 9.36 Å². The molecular formula is C27H25N5O2. The summed E-state index contributed by atoms with van der Waals surface area (Å²) < 4.78 is 1.58. The molecular weight excluding hydrogens is 426 g/mol. The van der Waals surface area contributed by atoms with E-state index in [9.17, 15) is 9.59 Å². The first-order valence-corrected chi connectivity index (χ1v) is 11.1. The lowest BCUT2D eigenvalue weighted by Gasteiger charge is -2.27. The molecule has 1 N–H and O–H groups in total. The van der Waals surface area contributed by atoms with Crippen LogP contribution in [0.15, 0.2) is 77.6 Å². The minimum atomic E-state index is -0.526. The molecule has 1 unspecified atom stereocenters. The highest BCUT2D eigenvalue weighted by Crippen LogP contribution is 2.23. The number of carbonyl (C=O) groups is 1. The third kappa shape index (κ3) is 4.39. The van der Waals surface area contributed by atoms with Gasteiger partial charge >= 0.3 is 6.03 Å². The molecule has 0 spiro atoms. The van der Waals surface area contributed by atoms with Crippen LogP contribution >= 0.6 is 0 Å². The van der Waals surface area contributed by atoms with Crippen molar-refractivity contribution in [1.82, 2.24) is 14.5 Å². The van der Waals surface area contributed by atoms with Gasteiger partial charge < -0.3 is 10.2 Å². The molecule has 0 bridgehead atoms. The van der Waals surface area contributed by atoms with Crippen LogP contribution < -0.4 is 10.9 Å². The van der Waals surface area contributed by atoms with Crippen LogP contribution in [0.3, 0.4) is 0 Å². The number of hydrogen-bond donors (Lipinski definition) is 1. The highest BCUT2D eigenvalue weighted by atomic mass is 16.2. The second-order valence-electron chi connectivity index (χ2n) is 8.06. The smallest absolute Gasteiger partial charge is 0.318 e. The van der Waals surface area contributed by atoms with Crippen LogP contribution in [0.1, 0.15) is 36.8 Å². The molecule has 7 heteroatoms. The molecule has 0 fully saturated rings. The van der Waals surface area contributed by atoms with Gasteiger partial charge in [0.05, 0.1) is 34.3 Å². The van der Waals surface area contributed by atoms with Crippen LogP contribution in [0.4, 0.5) is 10.5 Å². The van der Waals surface area contributed by atoms with Crippen molar-refractivity contribution in [2.24, 2.45) is 0 Å². The molecule has 34 heavy (non-hydrogen) atoms. The maximum absolute atomic E-state index is 13.5. The number of aryl methyl sites for hydroxylation is 1. The SMILES string of the molecule is CCc1ccc(-n2c(C(C)N(C)C(=O)Nc3cccc(C#N)c3)nc3ccccc3c2=O)cc1. The van der Waals surface area contributed by atoms with E-state index < -0.39 is 6.04 Å². The molecule has 0 saturated carbocycles. The Morgan fingerprint density at radius 3 is 2.56 bits per heavy atom. The lowest BCUT2D eigenvalue weighted by atomic mass is 10.1. The number of fused-ring (bicyclic) bond motifs is 1. The summed E-state index contributed by atoms with van der Waals surface area (Å²) in [4.78, 5) is 32.8. The molecule has 7 nitrogen and oxygen atoms in total. The van der Waals surface area contributed by atoms with E-state index in [0.29, 0.717) is 33.7 Å². The standard InChI is InChI=1S/C27H25N5O2/c1-4-19-12-14-22(15-13-19)32-25(30-24-11-6-5-10-23(24)26(32)33)18(2)31(3)27(34)29-21-9-7-8-20(16-21)17-28/h5-16,18H,4H2,1-3H3,(H,29,34). The summed E-state index contributed by atoms with van der Waals surface area (Å²) in [7, 11) is 1.65. The average molecular weight is 452 g/mol. The monoisotopic (exact) mass is 451 g/mol. The van der Waals surface area contributed by atoms with Crippen LogP contribution in [0.5, 0.6) is 0 Å². The van der Waals surface area contributed by atoms with Crippen LogP contribution in [-0.2, 0) is 6.42 Å². The summed E-state index contributed by atoms with van der Waals surface area (Å²) >= 11 is 0. The highest BCUT2D eigenvalue weighted by molar-refractivity contribution is 5.89. The van der Waals surface area contributed by atoms with Gasteiger partial charge in [-0.1, -0.05) is 37.3 Å². The zero-order chi connectivity index (χ0) is 24.2. The van der Waals surface area contributed by atoms with Crippen molar-refractivity contribution >= 4 is 22.6 Å². The lowest BCUT2D eigenvalue weighted by Crippen LogP contribution is -2.37. The van der Waals surface area contributed by atoms with Crippen LogP contribution in [0, 0.1) is 11.3 Å². The van der Waals surface area contributed by atoms with Crippen molar-refractivity contribution < 1.29 is 4.79 Å². The molecule has 4 rings (SSSR count). The normalized spacial score (nSPS) is 11.6. The number of para-hydroxylation sites is 1. The first kappa shape index (κ1) is 22.7. The van der Waals surface area contributed by atoms with E-state index in [1.807, 2.05) is 43.3 Å². The fraction of sp³-hybridized carbons (Fsp3) is 0.185. The van der Waals surface area contributed by atoms with Gasteiger partial charge in [-0.15, -0.1) is 0 Å². The van der Waals surface area contributed by atoms with Crippen molar-refractivity contribution in [3.63, 3.8) is 0 Å². The number of nitrogens with zero attached hydrogens (tertiary/aromatic N) is 4. The Labute approximate surface area is 197 Å². The van der Waals surface area contributed by atoms with Crippen molar-refractivity contribution in [1.29, 1.82) is 5.26 Å². The third-order valence-corrected chi connectivity index (χ3v) is 5.92. The Balaban J connectivity index is 1.76. The van der Waals surface area contributed by atoms with Crippen LogP contribution in [0.2, 0.25) is 0 Å². The van der Waals surface area contributed by atoms with Gasteiger partial charge in [0.25, 0.3) is 5.56 Å². The molecule has 0 aliphatic heterocycles. The van der Waals surface area contributed by atoms with Gasteiger partial charge in [0.15, 0.2) is 0 Å². The summed E-state index contributed by atoms with van der Waals surface area (Å²) in [5, 5.41) is 12.4. The van der Waals surface area contributed by atoms with E-state index in [1.54, 1.807) is 48.0 Å². The lowest BCUT2D eigenvalue weighted by molar-refractivity contribution is 0.205. The number of urea groups is 1. The average Bonchev–Trinajstić information content (AvgIpc) is 2.88. The summed E-state index contributed by atoms with van der Waals surface area (Å²) in [5.74, 6) is 0.455. The fourth-order valence-electron chi connectivity index (χ4n) is 3.79. The Morgan fingerprint density at radius 2 is 1.85 bits per heavy atom. The van der Waals surface area contributed by atoms with Gasteiger partial charge in [0.1, 0.15) is 5.82 Å². The molecule has 3 aromatic carbocycles. The van der Waals surface area contributed by atoms with Gasteiger partial charge in [-0.05, 0) is 61.4 Å². The maximum atomic E-state index is 13.5. The minimum Gasteiger partial charge on any atom is -0.318 e. The second kappa shape index (κ2) is 9.59. The fourth-order valence-corrected chi connectivity index (χ4v) is 3.79. The largest absolute Gasteiger partial charge is 0.322 e. The van der Waals surface area contributed by atoms with Crippen molar-refractivity contribution in [3.8, 4) is 11.8 Å². The van der Waals surface area contributed by atoms with E-state index in [2.05, 4.69) is 18.3 Å². The zero-order valence-electron chi connectivity index (χ0n) is 19.3. The zero-order valence-corrected chi connectivity index (χ0v) is 19.3. The first-order valence-electron chi connectivity index (χ1n) is 11.1. The molecule has 1 aromatic heterocycles. The summed E-state index contributed by atoms with van der Waals surface area (Å²) in [6.07, 6.45) is 0.893. The third-order valence-electron chi connectivity index (χ3n) is 5.92. The second-order valence-corrected chi connectivity index (χ2v) is 8.06. The molecule has 1 heterocycles. The van der Waals surface area contributed by atoms with Gasteiger partial charge in [0, 0.05) is 12.7 Å². The van der Waals surface area contributed by atoms with E-state index in [-0.39, 0.29) is 11.6 Å². The number of aromatic nitrogens is 2. The number of carbonyl (C=O) groups excluding carboxylic acids is 1. The molecule has 0 radical (unpaired) electrons. The van der Waals surface area contributed by atoms with Crippen LogP contribution in [-0.4, -0.2) is 27.5 Å². The predicted octanol–water partition coefficient (Wildman–Crippen LogP) is 5.04. The highest BCUT2D eigenvalue weighted by Gasteiger charge is 2.24. The predicted molar refractivity (Wildman–Crippen MR) is 133 cm³/mol.